The smallest absolute Gasteiger partial charge is 0.0390 e. The molecule has 0 aliphatic rings. The van der Waals surface area contributed by atoms with Crippen LogP contribution in [0, 0.1) is 5.92 Å². The highest BCUT2D eigenvalue weighted by molar-refractivity contribution is 7.17. The van der Waals surface area contributed by atoms with Crippen LogP contribution in [0.2, 0.25) is 0 Å². The summed E-state index contributed by atoms with van der Waals surface area (Å²) in [5.74, 6) is 0.766. The van der Waals surface area contributed by atoms with Gasteiger partial charge in [0.15, 0.2) is 0 Å². The predicted molar refractivity (Wildman–Crippen MR) is 77.7 cm³/mol. The second-order valence-electron chi connectivity index (χ2n) is 4.78. The van der Waals surface area contributed by atoms with E-state index in [9.17, 15) is 0 Å². The molecule has 1 N–H and O–H groups in total. The van der Waals surface area contributed by atoms with Gasteiger partial charge in [-0.3, -0.25) is 0 Å². The number of fused-ring (bicyclic) bond motifs is 1. The molecule has 0 aliphatic heterocycles. The van der Waals surface area contributed by atoms with Crippen molar-refractivity contribution in [2.45, 2.75) is 32.7 Å². The van der Waals surface area contributed by atoms with Crippen molar-refractivity contribution >= 4 is 21.4 Å². The average Bonchev–Trinajstić information content (AvgIpc) is 2.83. The van der Waals surface area contributed by atoms with E-state index in [0.717, 1.165) is 5.92 Å². The van der Waals surface area contributed by atoms with Gasteiger partial charge in [-0.2, -0.15) is 0 Å². The van der Waals surface area contributed by atoms with E-state index in [2.05, 4.69) is 55.9 Å². The van der Waals surface area contributed by atoms with Crippen LogP contribution in [0.25, 0.3) is 10.1 Å². The highest BCUT2D eigenvalue weighted by Gasteiger charge is 2.15. The first-order chi connectivity index (χ1) is 8.26. The van der Waals surface area contributed by atoms with Crippen molar-refractivity contribution in [2.24, 2.45) is 5.92 Å². The Balaban J connectivity index is 2.32. The number of nitrogens with one attached hydrogen (secondary N) is 1. The van der Waals surface area contributed by atoms with Gasteiger partial charge >= 0.3 is 0 Å². The summed E-state index contributed by atoms with van der Waals surface area (Å²) in [7, 11) is 2.07. The lowest BCUT2D eigenvalue weighted by molar-refractivity contribution is 0.424. The summed E-state index contributed by atoms with van der Waals surface area (Å²) in [6.45, 7) is 4.60. The zero-order valence-electron chi connectivity index (χ0n) is 10.9. The minimum Gasteiger partial charge on any atom is -0.313 e. The topological polar surface area (TPSA) is 12.0 Å². The van der Waals surface area contributed by atoms with Crippen LogP contribution in [0.4, 0.5) is 0 Å². The van der Waals surface area contributed by atoms with E-state index in [1.807, 2.05) is 11.3 Å². The van der Waals surface area contributed by atoms with Gasteiger partial charge in [-0.25, -0.2) is 0 Å². The van der Waals surface area contributed by atoms with Gasteiger partial charge in [-0.15, -0.1) is 11.3 Å². The molecule has 0 spiro atoms. The maximum atomic E-state index is 3.47. The minimum atomic E-state index is 0.479. The zero-order chi connectivity index (χ0) is 12.3. The van der Waals surface area contributed by atoms with Crippen LogP contribution in [-0.4, -0.2) is 7.05 Å². The van der Waals surface area contributed by atoms with E-state index < -0.39 is 0 Å². The molecular weight excluding hydrogens is 226 g/mol. The van der Waals surface area contributed by atoms with Gasteiger partial charge in [0.2, 0.25) is 0 Å². The molecule has 1 aromatic heterocycles. The van der Waals surface area contributed by atoms with E-state index >= 15 is 0 Å². The third-order valence-corrected chi connectivity index (χ3v) is 4.55. The van der Waals surface area contributed by atoms with Crippen LogP contribution in [0.15, 0.2) is 29.6 Å². The van der Waals surface area contributed by atoms with Gasteiger partial charge < -0.3 is 5.32 Å². The normalized spacial score (nSPS) is 15.0. The number of hydrogen-bond donors (Lipinski definition) is 1. The van der Waals surface area contributed by atoms with E-state index in [4.69, 9.17) is 0 Å². The van der Waals surface area contributed by atoms with E-state index in [-0.39, 0.29) is 0 Å². The first-order valence-corrected chi connectivity index (χ1v) is 7.27. The lowest BCUT2D eigenvalue weighted by Crippen LogP contribution is -2.18. The first-order valence-electron chi connectivity index (χ1n) is 6.39. The van der Waals surface area contributed by atoms with Crippen LogP contribution in [0.3, 0.4) is 0 Å². The van der Waals surface area contributed by atoms with Crippen molar-refractivity contribution in [3.63, 3.8) is 0 Å². The molecule has 2 aromatic rings. The summed E-state index contributed by atoms with van der Waals surface area (Å²) in [4.78, 5) is 0. The molecule has 2 heteroatoms. The maximum absolute atomic E-state index is 3.47. The Morgan fingerprint density at radius 1 is 1.29 bits per heavy atom. The average molecular weight is 247 g/mol. The molecule has 1 aromatic carbocycles. The van der Waals surface area contributed by atoms with Crippen LogP contribution >= 0.6 is 11.3 Å². The maximum Gasteiger partial charge on any atom is 0.0390 e. The lowest BCUT2D eigenvalue weighted by atomic mass is 9.94. The summed E-state index contributed by atoms with van der Waals surface area (Å²) in [6.07, 6.45) is 2.46. The molecule has 0 amide bonds. The van der Waals surface area contributed by atoms with Crippen molar-refractivity contribution in [2.75, 3.05) is 7.05 Å². The monoisotopic (exact) mass is 247 g/mol. The van der Waals surface area contributed by atoms with Crippen molar-refractivity contribution in [3.8, 4) is 0 Å². The Bertz CT molecular complexity index is 474. The van der Waals surface area contributed by atoms with E-state index in [1.54, 1.807) is 0 Å². The highest BCUT2D eigenvalue weighted by Crippen LogP contribution is 2.32. The van der Waals surface area contributed by atoms with Gasteiger partial charge in [-0.1, -0.05) is 38.5 Å². The van der Waals surface area contributed by atoms with Crippen molar-refractivity contribution < 1.29 is 0 Å². The zero-order valence-corrected chi connectivity index (χ0v) is 11.7. The molecule has 0 aliphatic carbocycles. The van der Waals surface area contributed by atoms with Gasteiger partial charge in [0.1, 0.15) is 0 Å². The van der Waals surface area contributed by atoms with E-state index in [0.29, 0.717) is 6.04 Å². The molecule has 2 unspecified atom stereocenters. The van der Waals surface area contributed by atoms with Crippen molar-refractivity contribution in [1.82, 2.24) is 5.32 Å². The summed E-state index contributed by atoms with van der Waals surface area (Å²) in [5, 5.41) is 7.03. The molecule has 0 fully saturated rings. The fraction of sp³-hybridized carbons (Fsp3) is 0.467. The molecule has 2 rings (SSSR count). The SMILES string of the molecule is CCC(C)CC(NC)c1cccc2ccsc12. The molecule has 0 radical (unpaired) electrons. The van der Waals surface area contributed by atoms with Crippen molar-refractivity contribution in [3.05, 3.63) is 35.2 Å². The lowest BCUT2D eigenvalue weighted by Gasteiger charge is -2.20. The molecular formula is C15H21NS. The first kappa shape index (κ1) is 12.6. The number of hydrogen-bond acceptors (Lipinski definition) is 2. The number of rotatable bonds is 5. The summed E-state index contributed by atoms with van der Waals surface area (Å²) in [6, 6.07) is 9.32. The van der Waals surface area contributed by atoms with Crippen LogP contribution < -0.4 is 5.32 Å². The molecule has 0 saturated carbocycles. The highest BCUT2D eigenvalue weighted by atomic mass is 32.1. The summed E-state index contributed by atoms with van der Waals surface area (Å²) >= 11 is 1.85. The Hall–Kier alpha value is -0.860. The third kappa shape index (κ3) is 2.70. The largest absolute Gasteiger partial charge is 0.313 e. The Morgan fingerprint density at radius 2 is 2.12 bits per heavy atom. The van der Waals surface area contributed by atoms with Crippen LogP contribution in [-0.2, 0) is 0 Å². The van der Waals surface area contributed by atoms with Crippen LogP contribution in [0.1, 0.15) is 38.3 Å². The molecule has 0 saturated heterocycles. The Labute approximate surface area is 108 Å². The van der Waals surface area contributed by atoms with E-state index in [1.165, 1.54) is 28.5 Å². The fourth-order valence-corrected chi connectivity index (χ4v) is 3.23. The minimum absolute atomic E-state index is 0.479. The second kappa shape index (κ2) is 5.65. The summed E-state index contributed by atoms with van der Waals surface area (Å²) in [5.41, 5.74) is 1.46. The van der Waals surface area contributed by atoms with Gasteiger partial charge in [-0.05, 0) is 41.8 Å². The van der Waals surface area contributed by atoms with Crippen molar-refractivity contribution in [1.29, 1.82) is 0 Å². The predicted octanol–water partition coefficient (Wildman–Crippen LogP) is 4.60. The second-order valence-corrected chi connectivity index (χ2v) is 5.69. The molecule has 2 atom stereocenters. The number of thiophene rings is 1. The Morgan fingerprint density at radius 3 is 2.82 bits per heavy atom. The van der Waals surface area contributed by atoms with Gasteiger partial charge in [0, 0.05) is 10.7 Å². The van der Waals surface area contributed by atoms with Gasteiger partial charge in [0.05, 0.1) is 0 Å². The molecule has 0 bridgehead atoms. The molecule has 1 nitrogen and oxygen atoms in total. The molecule has 1 heterocycles. The Kier molecular flexibility index (Phi) is 4.19. The molecule has 92 valence electrons. The summed E-state index contributed by atoms with van der Waals surface area (Å²) < 4.78 is 1.44. The standard InChI is InChI=1S/C15H21NS/c1-4-11(2)10-14(16-3)13-7-5-6-12-8-9-17-15(12)13/h5-9,11,14,16H,4,10H2,1-3H3. The van der Waals surface area contributed by atoms with Crippen LogP contribution in [0.5, 0.6) is 0 Å². The molecule has 17 heavy (non-hydrogen) atoms. The quantitative estimate of drug-likeness (QED) is 0.814. The third-order valence-electron chi connectivity index (χ3n) is 3.57. The fourth-order valence-electron chi connectivity index (χ4n) is 2.26. The van der Waals surface area contributed by atoms with Gasteiger partial charge in [0.25, 0.3) is 0 Å². The number of benzene rings is 1.